The number of hydrogen-bond donors (Lipinski definition) is 1. The number of carboxylic acids is 1. The Hall–Kier alpha value is -2.90. The molecule has 0 atom stereocenters. The fraction of sp³-hybridized carbons (Fsp3) is 0.474. The smallest absolute Gasteiger partial charge is 0.323 e. The van der Waals surface area contributed by atoms with Crippen molar-refractivity contribution in [3.05, 3.63) is 35.7 Å². The van der Waals surface area contributed by atoms with E-state index < -0.39 is 11.9 Å². The first-order valence-electron chi connectivity index (χ1n) is 8.89. The van der Waals surface area contributed by atoms with E-state index in [-0.39, 0.29) is 24.3 Å². The molecule has 8 heteroatoms. The molecule has 0 aliphatic heterocycles. The third kappa shape index (κ3) is 5.29. The molecule has 8 nitrogen and oxygen atoms in total. The summed E-state index contributed by atoms with van der Waals surface area (Å²) in [6, 6.07) is 7.31. The lowest BCUT2D eigenvalue weighted by molar-refractivity contribution is -0.137. The normalized spacial score (nSPS) is 11.1. The first kappa shape index (κ1) is 20.4. The van der Waals surface area contributed by atoms with E-state index in [1.54, 1.807) is 11.6 Å². The van der Waals surface area contributed by atoms with Crippen LogP contribution in [0.4, 0.5) is 0 Å². The largest absolute Gasteiger partial charge is 0.491 e. The minimum absolute atomic E-state index is 0.0781. The maximum absolute atomic E-state index is 12.8. The molecule has 0 spiro atoms. The van der Waals surface area contributed by atoms with Crippen molar-refractivity contribution in [1.82, 2.24) is 19.9 Å². The van der Waals surface area contributed by atoms with E-state index >= 15 is 0 Å². The first-order chi connectivity index (χ1) is 12.7. The van der Waals surface area contributed by atoms with Crippen molar-refractivity contribution in [2.75, 3.05) is 13.1 Å². The van der Waals surface area contributed by atoms with Crippen LogP contribution in [0.5, 0.6) is 5.75 Å². The van der Waals surface area contributed by atoms with Crippen LogP contribution in [0.25, 0.3) is 5.69 Å². The number of aromatic nitrogens is 3. The molecule has 1 aromatic heterocycles. The zero-order valence-electron chi connectivity index (χ0n) is 16.3. The van der Waals surface area contributed by atoms with Gasteiger partial charge in [-0.3, -0.25) is 9.59 Å². The highest BCUT2D eigenvalue weighted by Crippen LogP contribution is 2.19. The van der Waals surface area contributed by atoms with Gasteiger partial charge in [-0.2, -0.15) is 0 Å². The van der Waals surface area contributed by atoms with E-state index in [4.69, 9.17) is 9.84 Å². The number of aliphatic carboxylic acids is 1. The van der Waals surface area contributed by atoms with Crippen molar-refractivity contribution < 1.29 is 19.4 Å². The molecular weight excluding hydrogens is 348 g/mol. The maximum Gasteiger partial charge on any atom is 0.323 e. The molecule has 1 N–H and O–H groups in total. The van der Waals surface area contributed by atoms with Gasteiger partial charge in [-0.1, -0.05) is 19.1 Å². The van der Waals surface area contributed by atoms with Gasteiger partial charge >= 0.3 is 5.97 Å². The molecule has 0 radical (unpaired) electrons. The Labute approximate surface area is 158 Å². The summed E-state index contributed by atoms with van der Waals surface area (Å²) in [7, 11) is 0. The molecule has 1 heterocycles. The van der Waals surface area contributed by atoms with E-state index in [0.29, 0.717) is 12.2 Å². The standard InChI is InChI=1S/C19H26N4O4/c1-12(2)10-22(11-17(24)25)19(26)18-14(5)23(21-20-18)15-6-8-16(9-7-15)27-13(3)4/h6-9,12-13H,10-11H2,1-5H3,(H,24,25). The van der Waals surface area contributed by atoms with Crippen LogP contribution in [0, 0.1) is 12.8 Å². The SMILES string of the molecule is Cc1c(C(=O)N(CC(=O)O)CC(C)C)nnn1-c1ccc(OC(C)C)cc1. The summed E-state index contributed by atoms with van der Waals surface area (Å²) in [6.07, 6.45) is 0.0781. The van der Waals surface area contributed by atoms with E-state index in [9.17, 15) is 9.59 Å². The van der Waals surface area contributed by atoms with Crippen LogP contribution < -0.4 is 4.74 Å². The van der Waals surface area contributed by atoms with Gasteiger partial charge in [-0.05, 0) is 51.0 Å². The fourth-order valence-corrected chi connectivity index (χ4v) is 2.68. The topological polar surface area (TPSA) is 97.5 Å². The van der Waals surface area contributed by atoms with Gasteiger partial charge in [-0.25, -0.2) is 4.68 Å². The van der Waals surface area contributed by atoms with Crippen molar-refractivity contribution in [3.8, 4) is 11.4 Å². The van der Waals surface area contributed by atoms with Gasteiger partial charge in [0.1, 0.15) is 12.3 Å². The van der Waals surface area contributed by atoms with Gasteiger partial charge in [0.25, 0.3) is 5.91 Å². The van der Waals surface area contributed by atoms with E-state index in [0.717, 1.165) is 11.4 Å². The number of carbonyl (C=O) groups is 2. The van der Waals surface area contributed by atoms with Crippen molar-refractivity contribution in [2.45, 2.75) is 40.7 Å². The number of rotatable bonds is 8. The second-order valence-corrected chi connectivity index (χ2v) is 7.07. The molecule has 27 heavy (non-hydrogen) atoms. The van der Waals surface area contributed by atoms with Crippen LogP contribution in [0.3, 0.4) is 0 Å². The number of benzene rings is 1. The number of amides is 1. The van der Waals surface area contributed by atoms with Gasteiger partial charge in [-0.15, -0.1) is 5.10 Å². The fourth-order valence-electron chi connectivity index (χ4n) is 2.68. The quantitative estimate of drug-likeness (QED) is 0.763. The van der Waals surface area contributed by atoms with E-state index in [1.165, 1.54) is 4.90 Å². The van der Waals surface area contributed by atoms with Crippen LogP contribution in [-0.4, -0.2) is 56.1 Å². The number of carbonyl (C=O) groups excluding carboxylic acids is 1. The molecule has 146 valence electrons. The molecule has 0 aliphatic rings. The third-order valence-electron chi connectivity index (χ3n) is 3.75. The van der Waals surface area contributed by atoms with Crippen molar-refractivity contribution in [3.63, 3.8) is 0 Å². The second-order valence-electron chi connectivity index (χ2n) is 7.07. The summed E-state index contributed by atoms with van der Waals surface area (Å²) in [5.41, 5.74) is 1.44. The average molecular weight is 374 g/mol. The minimum atomic E-state index is -1.06. The van der Waals surface area contributed by atoms with Gasteiger partial charge in [0.15, 0.2) is 5.69 Å². The van der Waals surface area contributed by atoms with Crippen LogP contribution in [-0.2, 0) is 4.79 Å². The highest BCUT2D eigenvalue weighted by molar-refractivity contribution is 5.95. The summed E-state index contributed by atoms with van der Waals surface area (Å²) in [5.74, 6) is -0.617. The number of nitrogens with zero attached hydrogens (tertiary/aromatic N) is 4. The lowest BCUT2D eigenvalue weighted by Gasteiger charge is -2.21. The molecule has 0 saturated carbocycles. The molecule has 2 aromatic rings. The summed E-state index contributed by atoms with van der Waals surface area (Å²) in [5, 5.41) is 17.2. The summed E-state index contributed by atoms with van der Waals surface area (Å²) in [4.78, 5) is 25.2. The highest BCUT2D eigenvalue weighted by atomic mass is 16.5. The summed E-state index contributed by atoms with van der Waals surface area (Å²) in [6.45, 7) is 9.45. The third-order valence-corrected chi connectivity index (χ3v) is 3.75. The number of hydrogen-bond acceptors (Lipinski definition) is 5. The predicted octanol–water partition coefficient (Wildman–Crippen LogP) is 2.55. The van der Waals surface area contributed by atoms with Crippen molar-refractivity contribution >= 4 is 11.9 Å². The number of carboxylic acid groups (broad SMARTS) is 1. The predicted molar refractivity (Wildman–Crippen MR) is 100 cm³/mol. The second kappa shape index (κ2) is 8.66. The molecule has 0 fully saturated rings. The Bertz CT molecular complexity index is 797. The van der Waals surface area contributed by atoms with Crippen molar-refractivity contribution in [2.24, 2.45) is 5.92 Å². The van der Waals surface area contributed by atoms with Crippen LogP contribution in [0.15, 0.2) is 24.3 Å². The maximum atomic E-state index is 12.8. The van der Waals surface area contributed by atoms with E-state index in [1.807, 2.05) is 52.0 Å². The summed E-state index contributed by atoms with van der Waals surface area (Å²) < 4.78 is 7.18. The van der Waals surface area contributed by atoms with E-state index in [2.05, 4.69) is 10.3 Å². The Morgan fingerprint density at radius 2 is 1.81 bits per heavy atom. The average Bonchev–Trinajstić information content (AvgIpc) is 2.94. The monoisotopic (exact) mass is 374 g/mol. The highest BCUT2D eigenvalue weighted by Gasteiger charge is 2.25. The Kier molecular flexibility index (Phi) is 6.55. The van der Waals surface area contributed by atoms with Crippen LogP contribution in [0.2, 0.25) is 0 Å². The Morgan fingerprint density at radius 1 is 1.19 bits per heavy atom. The molecule has 1 aromatic carbocycles. The zero-order valence-corrected chi connectivity index (χ0v) is 16.3. The molecule has 0 saturated heterocycles. The molecule has 0 aliphatic carbocycles. The Balaban J connectivity index is 2.27. The molecule has 2 rings (SSSR count). The lowest BCUT2D eigenvalue weighted by atomic mass is 10.2. The molecular formula is C19H26N4O4. The van der Waals surface area contributed by atoms with Gasteiger partial charge < -0.3 is 14.7 Å². The van der Waals surface area contributed by atoms with Gasteiger partial charge in [0, 0.05) is 6.54 Å². The molecule has 0 unspecified atom stereocenters. The number of ether oxygens (including phenoxy) is 1. The zero-order chi connectivity index (χ0) is 20.1. The minimum Gasteiger partial charge on any atom is -0.491 e. The van der Waals surface area contributed by atoms with Gasteiger partial charge in [0.05, 0.1) is 17.5 Å². The van der Waals surface area contributed by atoms with Crippen molar-refractivity contribution in [1.29, 1.82) is 0 Å². The summed E-state index contributed by atoms with van der Waals surface area (Å²) >= 11 is 0. The van der Waals surface area contributed by atoms with Crippen LogP contribution in [0.1, 0.15) is 43.9 Å². The van der Waals surface area contributed by atoms with Crippen LogP contribution >= 0.6 is 0 Å². The first-order valence-corrected chi connectivity index (χ1v) is 8.89. The lowest BCUT2D eigenvalue weighted by Crippen LogP contribution is -2.38. The van der Waals surface area contributed by atoms with Gasteiger partial charge in [0.2, 0.25) is 0 Å². The molecule has 1 amide bonds. The molecule has 0 bridgehead atoms. The Morgan fingerprint density at radius 3 is 2.33 bits per heavy atom.